The second kappa shape index (κ2) is 4.53. The molecule has 1 aromatic heterocycles. The van der Waals surface area contributed by atoms with Gasteiger partial charge in [0.1, 0.15) is 5.82 Å². The van der Waals surface area contributed by atoms with Crippen molar-refractivity contribution in [3.8, 4) is 5.69 Å². The van der Waals surface area contributed by atoms with Crippen LogP contribution in [0.4, 0.5) is 4.39 Å². The van der Waals surface area contributed by atoms with Gasteiger partial charge < -0.3 is 5.73 Å². The van der Waals surface area contributed by atoms with Gasteiger partial charge in [0.05, 0.1) is 11.4 Å². The molecule has 0 spiro atoms. The van der Waals surface area contributed by atoms with E-state index in [1.54, 1.807) is 6.07 Å². The van der Waals surface area contributed by atoms with Gasteiger partial charge in [-0.05, 0) is 57.0 Å². The van der Waals surface area contributed by atoms with Gasteiger partial charge in [-0.25, -0.2) is 9.07 Å². The van der Waals surface area contributed by atoms with Crippen molar-refractivity contribution in [2.45, 2.75) is 33.7 Å². The van der Waals surface area contributed by atoms with Gasteiger partial charge in [0.15, 0.2) is 0 Å². The van der Waals surface area contributed by atoms with Crippen LogP contribution in [0.2, 0.25) is 0 Å². The molecule has 0 fully saturated rings. The minimum absolute atomic E-state index is 0.236. The summed E-state index contributed by atoms with van der Waals surface area (Å²) in [5.41, 5.74) is 10.7. The molecule has 2 N–H and O–H groups in total. The maximum Gasteiger partial charge on any atom is 0.123 e. The van der Waals surface area contributed by atoms with Crippen LogP contribution in [-0.2, 0) is 0 Å². The summed E-state index contributed by atoms with van der Waals surface area (Å²) in [7, 11) is 0. The number of aryl methyl sites for hydroxylation is 1. The molecule has 2 rings (SSSR count). The minimum atomic E-state index is -0.274. The third-order valence-electron chi connectivity index (χ3n) is 3.36. The molecule has 2 aromatic rings. The summed E-state index contributed by atoms with van der Waals surface area (Å²) in [6, 6.07) is 4.41. The van der Waals surface area contributed by atoms with E-state index in [9.17, 15) is 4.39 Å². The predicted octanol–water partition coefficient (Wildman–Crippen LogP) is 2.96. The first-order chi connectivity index (χ1) is 8.41. The topological polar surface area (TPSA) is 43.8 Å². The number of nitrogens with two attached hydrogens (primary N) is 1. The fourth-order valence-electron chi connectivity index (χ4n) is 2.04. The van der Waals surface area contributed by atoms with Crippen molar-refractivity contribution >= 4 is 0 Å². The summed E-state index contributed by atoms with van der Waals surface area (Å²) in [6.45, 7) is 7.84. The monoisotopic (exact) mass is 247 g/mol. The second-order valence-electron chi connectivity index (χ2n) is 4.70. The molecule has 0 aliphatic carbocycles. The quantitative estimate of drug-likeness (QED) is 0.886. The van der Waals surface area contributed by atoms with Gasteiger partial charge >= 0.3 is 0 Å². The molecule has 0 saturated heterocycles. The lowest BCUT2D eigenvalue weighted by Gasteiger charge is -2.14. The highest BCUT2D eigenvalue weighted by molar-refractivity contribution is 5.45. The standard InChI is InChI=1S/C14H18FN3/c1-8-10(3)17-18(11(8)4)14-6-5-12(15)7-13(14)9(2)16/h5-7,9H,16H2,1-4H3. The molecule has 0 amide bonds. The molecule has 4 heteroatoms. The summed E-state index contributed by atoms with van der Waals surface area (Å²) >= 11 is 0. The summed E-state index contributed by atoms with van der Waals surface area (Å²) in [4.78, 5) is 0. The Morgan fingerprint density at radius 3 is 2.44 bits per heavy atom. The minimum Gasteiger partial charge on any atom is -0.324 e. The summed E-state index contributed by atoms with van der Waals surface area (Å²) in [5, 5.41) is 4.49. The predicted molar refractivity (Wildman–Crippen MR) is 70.3 cm³/mol. The van der Waals surface area contributed by atoms with Crippen LogP contribution in [0.15, 0.2) is 18.2 Å². The normalized spacial score (nSPS) is 12.8. The van der Waals surface area contributed by atoms with Crippen LogP contribution >= 0.6 is 0 Å². The van der Waals surface area contributed by atoms with Gasteiger partial charge in [-0.1, -0.05) is 0 Å². The second-order valence-corrected chi connectivity index (χ2v) is 4.70. The van der Waals surface area contributed by atoms with Crippen LogP contribution in [-0.4, -0.2) is 9.78 Å². The van der Waals surface area contributed by atoms with Crippen molar-refractivity contribution in [1.82, 2.24) is 9.78 Å². The molecule has 0 aliphatic heterocycles. The highest BCUT2D eigenvalue weighted by Crippen LogP contribution is 2.24. The molecule has 1 unspecified atom stereocenters. The summed E-state index contributed by atoms with van der Waals surface area (Å²) in [6.07, 6.45) is 0. The largest absolute Gasteiger partial charge is 0.324 e. The highest BCUT2D eigenvalue weighted by atomic mass is 19.1. The van der Waals surface area contributed by atoms with Gasteiger partial charge in [0.25, 0.3) is 0 Å². The Morgan fingerprint density at radius 2 is 1.94 bits per heavy atom. The average Bonchev–Trinajstić information content (AvgIpc) is 2.57. The Bertz CT molecular complexity index is 585. The van der Waals surface area contributed by atoms with E-state index >= 15 is 0 Å². The van der Waals surface area contributed by atoms with Crippen LogP contribution in [0.3, 0.4) is 0 Å². The summed E-state index contributed by atoms with van der Waals surface area (Å²) in [5.74, 6) is -0.274. The third kappa shape index (κ3) is 2.04. The molecule has 1 heterocycles. The van der Waals surface area contributed by atoms with Gasteiger partial charge in [-0.3, -0.25) is 0 Å². The van der Waals surface area contributed by atoms with Crippen molar-refractivity contribution in [3.05, 3.63) is 46.5 Å². The molecule has 1 atom stereocenters. The Kier molecular flexibility index (Phi) is 3.22. The van der Waals surface area contributed by atoms with E-state index in [0.29, 0.717) is 0 Å². The maximum absolute atomic E-state index is 13.3. The molecule has 1 aromatic carbocycles. The molecular formula is C14H18FN3. The van der Waals surface area contributed by atoms with Crippen LogP contribution in [0, 0.1) is 26.6 Å². The Morgan fingerprint density at radius 1 is 1.28 bits per heavy atom. The van der Waals surface area contributed by atoms with Crippen molar-refractivity contribution in [1.29, 1.82) is 0 Å². The van der Waals surface area contributed by atoms with Crippen molar-refractivity contribution in [2.24, 2.45) is 5.73 Å². The fourth-order valence-corrected chi connectivity index (χ4v) is 2.04. The van der Waals surface area contributed by atoms with E-state index in [1.807, 2.05) is 32.4 Å². The zero-order valence-corrected chi connectivity index (χ0v) is 11.2. The number of hydrogen-bond acceptors (Lipinski definition) is 2. The van der Waals surface area contributed by atoms with E-state index < -0.39 is 0 Å². The smallest absolute Gasteiger partial charge is 0.123 e. The van der Waals surface area contributed by atoms with E-state index in [2.05, 4.69) is 5.10 Å². The molecule has 18 heavy (non-hydrogen) atoms. The number of rotatable bonds is 2. The Labute approximate surface area is 106 Å². The lowest BCUT2D eigenvalue weighted by molar-refractivity contribution is 0.620. The van der Waals surface area contributed by atoms with Crippen LogP contribution in [0.1, 0.15) is 35.5 Å². The van der Waals surface area contributed by atoms with Crippen molar-refractivity contribution < 1.29 is 4.39 Å². The molecule has 0 aliphatic rings. The van der Waals surface area contributed by atoms with Crippen LogP contribution < -0.4 is 5.73 Å². The van der Waals surface area contributed by atoms with Gasteiger partial charge in [-0.2, -0.15) is 5.10 Å². The molecule has 3 nitrogen and oxygen atoms in total. The van der Waals surface area contributed by atoms with Gasteiger partial charge in [0.2, 0.25) is 0 Å². The first-order valence-corrected chi connectivity index (χ1v) is 6.00. The zero-order valence-electron chi connectivity index (χ0n) is 11.2. The number of halogens is 1. The first-order valence-electron chi connectivity index (χ1n) is 6.00. The average molecular weight is 247 g/mol. The summed E-state index contributed by atoms with van der Waals surface area (Å²) < 4.78 is 15.2. The van der Waals surface area contributed by atoms with E-state index in [0.717, 1.165) is 28.2 Å². The number of benzene rings is 1. The van der Waals surface area contributed by atoms with E-state index in [-0.39, 0.29) is 11.9 Å². The van der Waals surface area contributed by atoms with E-state index in [4.69, 9.17) is 5.73 Å². The van der Waals surface area contributed by atoms with Crippen LogP contribution in [0.25, 0.3) is 5.69 Å². The fraction of sp³-hybridized carbons (Fsp3) is 0.357. The van der Waals surface area contributed by atoms with Crippen molar-refractivity contribution in [2.75, 3.05) is 0 Å². The molecular weight excluding hydrogens is 229 g/mol. The first kappa shape index (κ1) is 12.8. The van der Waals surface area contributed by atoms with Gasteiger partial charge in [0, 0.05) is 11.7 Å². The molecule has 0 saturated carbocycles. The zero-order chi connectivity index (χ0) is 13.4. The van der Waals surface area contributed by atoms with E-state index in [1.165, 1.54) is 12.1 Å². The SMILES string of the molecule is Cc1nn(-c2ccc(F)cc2C(C)N)c(C)c1C. The number of hydrogen-bond donors (Lipinski definition) is 1. The lowest BCUT2D eigenvalue weighted by Crippen LogP contribution is -2.12. The molecule has 96 valence electrons. The molecule has 0 radical (unpaired) electrons. The van der Waals surface area contributed by atoms with Crippen molar-refractivity contribution in [3.63, 3.8) is 0 Å². The lowest BCUT2D eigenvalue weighted by atomic mass is 10.1. The Balaban J connectivity index is 2.67. The number of nitrogens with zero attached hydrogens (tertiary/aromatic N) is 2. The maximum atomic E-state index is 13.3. The Hall–Kier alpha value is -1.68. The van der Waals surface area contributed by atoms with Gasteiger partial charge in [-0.15, -0.1) is 0 Å². The van der Waals surface area contributed by atoms with Crippen LogP contribution in [0.5, 0.6) is 0 Å². The highest BCUT2D eigenvalue weighted by Gasteiger charge is 2.14. The molecule has 0 bridgehead atoms. The number of aromatic nitrogens is 2. The third-order valence-corrected chi connectivity index (χ3v) is 3.36.